The van der Waals surface area contributed by atoms with Crippen molar-refractivity contribution >= 4 is 5.97 Å². The van der Waals surface area contributed by atoms with Gasteiger partial charge in [0.05, 0.1) is 21.3 Å². The third-order valence-corrected chi connectivity index (χ3v) is 5.13. The van der Waals surface area contributed by atoms with Crippen LogP contribution in [-0.4, -0.2) is 33.4 Å². The van der Waals surface area contributed by atoms with Gasteiger partial charge in [-0.2, -0.15) is 4.89 Å². The van der Waals surface area contributed by atoms with Crippen LogP contribution in [0.2, 0.25) is 0 Å². The van der Waals surface area contributed by atoms with Gasteiger partial charge in [-0.3, -0.25) is 4.89 Å². The van der Waals surface area contributed by atoms with Gasteiger partial charge in [0.2, 0.25) is 5.75 Å². The molecular formula is C20H30O6. The van der Waals surface area contributed by atoms with Crippen LogP contribution < -0.4 is 14.2 Å². The van der Waals surface area contributed by atoms with Crippen molar-refractivity contribution in [2.24, 2.45) is 17.8 Å². The molecule has 1 aromatic carbocycles. The highest BCUT2D eigenvalue weighted by Gasteiger charge is 2.33. The Morgan fingerprint density at radius 1 is 1.04 bits per heavy atom. The van der Waals surface area contributed by atoms with Crippen LogP contribution in [0.4, 0.5) is 0 Å². The first-order valence-electron chi connectivity index (χ1n) is 9.09. The summed E-state index contributed by atoms with van der Waals surface area (Å²) in [4.78, 5) is 23.4. The minimum atomic E-state index is -0.608. The fourth-order valence-corrected chi connectivity index (χ4v) is 3.64. The molecule has 0 spiro atoms. The summed E-state index contributed by atoms with van der Waals surface area (Å²) < 4.78 is 15.9. The molecule has 0 aliphatic heterocycles. The molecule has 2 rings (SSSR count). The zero-order valence-electron chi connectivity index (χ0n) is 16.5. The molecule has 146 valence electrons. The van der Waals surface area contributed by atoms with Crippen LogP contribution in [0.1, 0.15) is 50.4 Å². The number of benzene rings is 1. The van der Waals surface area contributed by atoms with E-state index in [-0.39, 0.29) is 17.4 Å². The second-order valence-corrected chi connectivity index (χ2v) is 7.21. The lowest BCUT2D eigenvalue weighted by Gasteiger charge is -2.35. The van der Waals surface area contributed by atoms with Crippen LogP contribution >= 0.6 is 0 Å². The summed E-state index contributed by atoms with van der Waals surface area (Å²) in [6.07, 6.45) is 3.06. The van der Waals surface area contributed by atoms with Gasteiger partial charge in [-0.1, -0.05) is 27.2 Å². The van der Waals surface area contributed by atoms with E-state index in [2.05, 4.69) is 20.8 Å². The second-order valence-electron chi connectivity index (χ2n) is 7.21. The van der Waals surface area contributed by atoms with E-state index in [9.17, 15) is 4.79 Å². The van der Waals surface area contributed by atoms with E-state index in [1.807, 2.05) is 0 Å². The SMILES string of the molecule is COc1ccc(C(=O)OOC2CC(C)CCC2C(C)C)c(OC)c1OC. The smallest absolute Gasteiger partial charge is 0.376 e. The summed E-state index contributed by atoms with van der Waals surface area (Å²) in [5.74, 6) is 1.89. The molecule has 0 bridgehead atoms. The average Bonchev–Trinajstić information content (AvgIpc) is 2.64. The van der Waals surface area contributed by atoms with Gasteiger partial charge in [-0.15, -0.1) is 0 Å². The quantitative estimate of drug-likeness (QED) is 0.531. The Kier molecular flexibility index (Phi) is 7.14. The lowest BCUT2D eigenvalue weighted by Crippen LogP contribution is -2.35. The van der Waals surface area contributed by atoms with Gasteiger partial charge < -0.3 is 14.2 Å². The Hall–Kier alpha value is -1.95. The molecule has 1 aromatic rings. The molecule has 6 nitrogen and oxygen atoms in total. The van der Waals surface area contributed by atoms with Gasteiger partial charge in [0.1, 0.15) is 11.7 Å². The summed E-state index contributed by atoms with van der Waals surface area (Å²) >= 11 is 0. The first kappa shape index (κ1) is 20.4. The largest absolute Gasteiger partial charge is 0.493 e. The lowest BCUT2D eigenvalue weighted by atomic mass is 9.75. The third kappa shape index (κ3) is 4.41. The molecule has 1 aliphatic rings. The summed E-state index contributed by atoms with van der Waals surface area (Å²) in [5.41, 5.74) is 0.232. The molecule has 0 heterocycles. The van der Waals surface area contributed by atoms with E-state index < -0.39 is 5.97 Å². The van der Waals surface area contributed by atoms with Crippen LogP contribution in [0.5, 0.6) is 17.2 Å². The molecule has 1 aliphatic carbocycles. The zero-order valence-corrected chi connectivity index (χ0v) is 16.5. The van der Waals surface area contributed by atoms with Crippen molar-refractivity contribution < 1.29 is 28.8 Å². The van der Waals surface area contributed by atoms with E-state index in [0.29, 0.717) is 29.3 Å². The number of methoxy groups -OCH3 is 3. The Labute approximate surface area is 155 Å². The van der Waals surface area contributed by atoms with Gasteiger partial charge >= 0.3 is 5.97 Å². The fourth-order valence-electron chi connectivity index (χ4n) is 3.64. The van der Waals surface area contributed by atoms with Crippen LogP contribution in [0.3, 0.4) is 0 Å². The topological polar surface area (TPSA) is 63.2 Å². The van der Waals surface area contributed by atoms with Crippen molar-refractivity contribution in [3.8, 4) is 17.2 Å². The lowest BCUT2D eigenvalue weighted by molar-refractivity contribution is -0.296. The summed E-state index contributed by atoms with van der Waals surface area (Å²) in [6.45, 7) is 6.55. The number of hydrogen-bond donors (Lipinski definition) is 0. The Morgan fingerprint density at radius 3 is 2.31 bits per heavy atom. The highest BCUT2D eigenvalue weighted by molar-refractivity contribution is 5.93. The van der Waals surface area contributed by atoms with Crippen molar-refractivity contribution in [1.29, 1.82) is 0 Å². The molecule has 0 N–H and O–H groups in total. The Bertz CT molecular complexity index is 613. The van der Waals surface area contributed by atoms with E-state index in [1.54, 1.807) is 12.1 Å². The number of carbonyl (C=O) groups is 1. The van der Waals surface area contributed by atoms with Crippen molar-refractivity contribution in [2.75, 3.05) is 21.3 Å². The highest BCUT2D eigenvalue weighted by atomic mass is 17.2. The Balaban J connectivity index is 2.14. The van der Waals surface area contributed by atoms with Crippen molar-refractivity contribution in [3.63, 3.8) is 0 Å². The maximum Gasteiger partial charge on any atom is 0.376 e. The maximum absolute atomic E-state index is 12.6. The number of ether oxygens (including phenoxy) is 3. The molecule has 3 unspecified atom stereocenters. The molecule has 0 saturated heterocycles. The van der Waals surface area contributed by atoms with Crippen LogP contribution in [0.15, 0.2) is 12.1 Å². The van der Waals surface area contributed by atoms with E-state index in [4.69, 9.17) is 24.0 Å². The molecule has 1 fully saturated rings. The monoisotopic (exact) mass is 366 g/mol. The van der Waals surface area contributed by atoms with E-state index in [0.717, 1.165) is 12.8 Å². The first-order chi connectivity index (χ1) is 12.4. The normalized spacial score (nSPS) is 22.8. The van der Waals surface area contributed by atoms with Gasteiger partial charge in [0.15, 0.2) is 11.5 Å². The standard InChI is InChI=1S/C20H30O6/c1-12(2)14-8-7-13(3)11-17(14)25-26-20(21)15-9-10-16(22-4)19(24-6)18(15)23-5/h9-10,12-14,17H,7-8,11H2,1-6H3. The molecular weight excluding hydrogens is 336 g/mol. The summed E-state index contributed by atoms with van der Waals surface area (Å²) in [5, 5.41) is 0. The predicted octanol–water partition coefficient (Wildman–Crippen LogP) is 4.26. The number of hydrogen-bond acceptors (Lipinski definition) is 6. The van der Waals surface area contributed by atoms with Gasteiger partial charge in [0, 0.05) is 0 Å². The number of rotatable bonds is 7. The van der Waals surface area contributed by atoms with Crippen molar-refractivity contribution in [2.45, 2.75) is 46.1 Å². The zero-order chi connectivity index (χ0) is 19.3. The minimum Gasteiger partial charge on any atom is -0.493 e. The third-order valence-electron chi connectivity index (χ3n) is 5.13. The van der Waals surface area contributed by atoms with E-state index >= 15 is 0 Å². The molecule has 0 radical (unpaired) electrons. The molecule has 26 heavy (non-hydrogen) atoms. The maximum atomic E-state index is 12.6. The second kappa shape index (κ2) is 9.12. The molecule has 6 heteroatoms. The molecule has 3 atom stereocenters. The van der Waals surface area contributed by atoms with Crippen LogP contribution in [0, 0.1) is 17.8 Å². The predicted molar refractivity (Wildman–Crippen MR) is 97.7 cm³/mol. The first-order valence-corrected chi connectivity index (χ1v) is 9.09. The summed E-state index contributed by atoms with van der Waals surface area (Å²) in [7, 11) is 4.48. The van der Waals surface area contributed by atoms with Crippen molar-refractivity contribution in [3.05, 3.63) is 17.7 Å². The molecule has 0 aromatic heterocycles. The van der Waals surface area contributed by atoms with Crippen molar-refractivity contribution in [1.82, 2.24) is 0 Å². The Morgan fingerprint density at radius 2 is 1.73 bits per heavy atom. The van der Waals surface area contributed by atoms with Gasteiger partial charge in [-0.25, -0.2) is 4.79 Å². The van der Waals surface area contributed by atoms with Gasteiger partial charge in [-0.05, 0) is 42.7 Å². The molecule has 0 amide bonds. The highest BCUT2D eigenvalue weighted by Crippen LogP contribution is 2.40. The van der Waals surface area contributed by atoms with Crippen LogP contribution in [0.25, 0.3) is 0 Å². The van der Waals surface area contributed by atoms with E-state index in [1.165, 1.54) is 27.8 Å². The molecule has 1 saturated carbocycles. The summed E-state index contributed by atoms with van der Waals surface area (Å²) in [6, 6.07) is 3.22. The minimum absolute atomic E-state index is 0.0890. The fraction of sp³-hybridized carbons (Fsp3) is 0.650. The number of carbonyl (C=O) groups excluding carboxylic acids is 1. The average molecular weight is 366 g/mol. The van der Waals surface area contributed by atoms with Gasteiger partial charge in [0.25, 0.3) is 0 Å². The van der Waals surface area contributed by atoms with Crippen LogP contribution in [-0.2, 0) is 9.78 Å².